The fourth-order valence-corrected chi connectivity index (χ4v) is 2.33. The summed E-state index contributed by atoms with van der Waals surface area (Å²) >= 11 is 0. The molecule has 0 aromatic carbocycles. The first-order valence-corrected chi connectivity index (χ1v) is 6.66. The van der Waals surface area contributed by atoms with E-state index < -0.39 is 0 Å². The molecule has 0 unspecified atom stereocenters. The van der Waals surface area contributed by atoms with Gasteiger partial charge in [0.15, 0.2) is 5.65 Å². The summed E-state index contributed by atoms with van der Waals surface area (Å²) in [5.41, 5.74) is 1.99. The summed E-state index contributed by atoms with van der Waals surface area (Å²) in [5.74, 6) is 0.521. The molecule has 3 heterocycles. The lowest BCUT2D eigenvalue weighted by atomic mass is 10.3. The van der Waals surface area contributed by atoms with Gasteiger partial charge in [-0.15, -0.1) is 0 Å². The first-order valence-electron chi connectivity index (χ1n) is 6.66. The zero-order valence-electron chi connectivity index (χ0n) is 11.5. The maximum Gasteiger partial charge on any atom is 0.277 e. The van der Waals surface area contributed by atoms with Crippen LogP contribution in [0.1, 0.15) is 19.8 Å². The largest absolute Gasteiger partial charge is 0.481 e. The maximum atomic E-state index is 12.5. The van der Waals surface area contributed by atoms with Crippen LogP contribution in [0.25, 0.3) is 16.7 Å². The zero-order chi connectivity index (χ0) is 14.1. The van der Waals surface area contributed by atoms with Crippen molar-refractivity contribution < 1.29 is 4.74 Å². The molecule has 0 saturated carbocycles. The number of unbranched alkanes of at least 4 members (excludes halogenated alkanes) is 1. The molecule has 0 N–H and O–H groups in total. The van der Waals surface area contributed by atoms with Gasteiger partial charge >= 0.3 is 0 Å². The van der Waals surface area contributed by atoms with Gasteiger partial charge in [0.25, 0.3) is 5.56 Å². The van der Waals surface area contributed by atoms with Crippen molar-refractivity contribution in [2.45, 2.75) is 26.3 Å². The number of pyridine rings is 1. The molecule has 0 atom stereocenters. The van der Waals surface area contributed by atoms with E-state index in [4.69, 9.17) is 4.74 Å². The fourth-order valence-electron chi connectivity index (χ4n) is 2.33. The Balaban J connectivity index is 2.39. The standard InChI is InChI=1S/C14H16N4O2/c1-3-4-7-17-10-5-6-12(20-2)16-13(10)18-9-15-8-11(18)14(17)19/h5-6,8-9H,3-4,7H2,1-2H3. The molecule has 3 rings (SSSR count). The molecule has 0 saturated heterocycles. The summed E-state index contributed by atoms with van der Waals surface area (Å²) in [7, 11) is 1.58. The summed E-state index contributed by atoms with van der Waals surface area (Å²) in [6, 6.07) is 3.64. The van der Waals surface area contributed by atoms with E-state index in [9.17, 15) is 4.79 Å². The number of aryl methyl sites for hydroxylation is 1. The molecule has 0 fully saturated rings. The van der Waals surface area contributed by atoms with Crippen LogP contribution < -0.4 is 10.3 Å². The lowest BCUT2D eigenvalue weighted by Crippen LogP contribution is -2.23. The Hall–Kier alpha value is -2.37. The third-order valence-corrected chi connectivity index (χ3v) is 3.40. The molecule has 0 bridgehead atoms. The van der Waals surface area contributed by atoms with Crippen LogP contribution >= 0.6 is 0 Å². The van der Waals surface area contributed by atoms with Crippen molar-refractivity contribution >= 4 is 16.7 Å². The predicted octanol–water partition coefficient (Wildman–Crippen LogP) is 1.85. The monoisotopic (exact) mass is 272 g/mol. The second-order valence-corrected chi connectivity index (χ2v) is 4.66. The van der Waals surface area contributed by atoms with Crippen LogP contribution in [0.2, 0.25) is 0 Å². The number of aromatic nitrogens is 4. The van der Waals surface area contributed by atoms with E-state index in [1.54, 1.807) is 34.7 Å². The molecule has 0 aliphatic rings. The van der Waals surface area contributed by atoms with Gasteiger partial charge in [-0.25, -0.2) is 4.98 Å². The van der Waals surface area contributed by atoms with Crippen LogP contribution in [0.3, 0.4) is 0 Å². The first kappa shape index (κ1) is 12.7. The van der Waals surface area contributed by atoms with Crippen LogP contribution in [0.15, 0.2) is 29.5 Å². The van der Waals surface area contributed by atoms with Gasteiger partial charge in [0.05, 0.1) is 18.8 Å². The van der Waals surface area contributed by atoms with Gasteiger partial charge in [-0.2, -0.15) is 4.98 Å². The minimum Gasteiger partial charge on any atom is -0.481 e. The smallest absolute Gasteiger partial charge is 0.277 e. The number of fused-ring (bicyclic) bond motifs is 3. The summed E-state index contributed by atoms with van der Waals surface area (Å²) < 4.78 is 8.64. The topological polar surface area (TPSA) is 61.4 Å². The number of hydrogen-bond donors (Lipinski definition) is 0. The molecule has 0 radical (unpaired) electrons. The van der Waals surface area contributed by atoms with E-state index in [1.807, 2.05) is 6.07 Å². The molecular weight excluding hydrogens is 256 g/mol. The lowest BCUT2D eigenvalue weighted by molar-refractivity contribution is 0.399. The van der Waals surface area contributed by atoms with Crippen LogP contribution in [0.5, 0.6) is 5.88 Å². The fraction of sp³-hybridized carbons (Fsp3) is 0.357. The zero-order valence-corrected chi connectivity index (χ0v) is 11.5. The molecule has 104 valence electrons. The van der Waals surface area contributed by atoms with Crippen LogP contribution in [0.4, 0.5) is 0 Å². The maximum absolute atomic E-state index is 12.5. The normalized spacial score (nSPS) is 11.3. The molecular formula is C14H16N4O2. The summed E-state index contributed by atoms with van der Waals surface area (Å²) in [4.78, 5) is 21.0. The number of nitrogens with zero attached hydrogens (tertiary/aromatic N) is 4. The summed E-state index contributed by atoms with van der Waals surface area (Å²) in [5, 5.41) is 0. The average Bonchev–Trinajstić information content (AvgIpc) is 2.97. The third kappa shape index (κ3) is 1.84. The highest BCUT2D eigenvalue weighted by Crippen LogP contribution is 2.17. The van der Waals surface area contributed by atoms with Crippen molar-refractivity contribution in [3.63, 3.8) is 0 Å². The number of hydrogen-bond acceptors (Lipinski definition) is 4. The Kier molecular flexibility index (Phi) is 3.14. The highest BCUT2D eigenvalue weighted by atomic mass is 16.5. The lowest BCUT2D eigenvalue weighted by Gasteiger charge is -2.11. The third-order valence-electron chi connectivity index (χ3n) is 3.40. The number of methoxy groups -OCH3 is 1. The number of imidazole rings is 1. The molecule has 3 aromatic heterocycles. The van der Waals surface area contributed by atoms with Gasteiger partial charge in [-0.1, -0.05) is 13.3 Å². The van der Waals surface area contributed by atoms with E-state index in [1.165, 1.54) is 0 Å². The van der Waals surface area contributed by atoms with Crippen molar-refractivity contribution in [2.24, 2.45) is 0 Å². The van der Waals surface area contributed by atoms with Gasteiger partial charge in [-0.3, -0.25) is 9.20 Å². The van der Waals surface area contributed by atoms with Crippen LogP contribution in [0, 0.1) is 0 Å². The number of ether oxygens (including phenoxy) is 1. The Morgan fingerprint density at radius 3 is 2.90 bits per heavy atom. The Morgan fingerprint density at radius 1 is 1.30 bits per heavy atom. The molecule has 0 spiro atoms. The van der Waals surface area contributed by atoms with Crippen molar-refractivity contribution in [3.05, 3.63) is 35.0 Å². The van der Waals surface area contributed by atoms with Gasteiger partial charge in [0, 0.05) is 12.6 Å². The quantitative estimate of drug-likeness (QED) is 0.727. The van der Waals surface area contributed by atoms with Crippen molar-refractivity contribution in [1.82, 2.24) is 18.9 Å². The molecule has 0 aliphatic carbocycles. The van der Waals surface area contributed by atoms with Gasteiger partial charge in [0.2, 0.25) is 5.88 Å². The van der Waals surface area contributed by atoms with E-state index in [-0.39, 0.29) is 5.56 Å². The van der Waals surface area contributed by atoms with E-state index in [0.717, 1.165) is 18.4 Å². The minimum absolute atomic E-state index is 0.0320. The first-order chi connectivity index (χ1) is 9.76. The average molecular weight is 272 g/mol. The number of rotatable bonds is 4. The second-order valence-electron chi connectivity index (χ2n) is 4.66. The molecule has 0 amide bonds. The Labute approximate surface area is 115 Å². The minimum atomic E-state index is -0.0320. The van der Waals surface area contributed by atoms with E-state index in [2.05, 4.69) is 16.9 Å². The second kappa shape index (κ2) is 4.96. The van der Waals surface area contributed by atoms with Gasteiger partial charge in [0.1, 0.15) is 11.8 Å². The molecule has 6 nitrogen and oxygen atoms in total. The van der Waals surface area contributed by atoms with Gasteiger partial charge < -0.3 is 9.30 Å². The van der Waals surface area contributed by atoms with Crippen LogP contribution in [-0.4, -0.2) is 26.0 Å². The van der Waals surface area contributed by atoms with E-state index in [0.29, 0.717) is 23.6 Å². The summed E-state index contributed by atoms with van der Waals surface area (Å²) in [6.45, 7) is 2.79. The van der Waals surface area contributed by atoms with Gasteiger partial charge in [-0.05, 0) is 12.5 Å². The molecule has 20 heavy (non-hydrogen) atoms. The Morgan fingerprint density at radius 2 is 2.15 bits per heavy atom. The summed E-state index contributed by atoms with van der Waals surface area (Å²) in [6.07, 6.45) is 5.16. The van der Waals surface area contributed by atoms with Crippen LogP contribution in [-0.2, 0) is 6.54 Å². The van der Waals surface area contributed by atoms with Crippen molar-refractivity contribution in [2.75, 3.05) is 7.11 Å². The Bertz CT molecular complexity index is 819. The predicted molar refractivity (Wildman–Crippen MR) is 76.2 cm³/mol. The highest BCUT2D eigenvalue weighted by molar-refractivity contribution is 5.75. The van der Waals surface area contributed by atoms with Crippen molar-refractivity contribution in [1.29, 1.82) is 0 Å². The highest BCUT2D eigenvalue weighted by Gasteiger charge is 2.12. The molecule has 3 aromatic rings. The van der Waals surface area contributed by atoms with E-state index >= 15 is 0 Å². The molecule has 0 aliphatic heterocycles. The molecule has 6 heteroatoms. The van der Waals surface area contributed by atoms with Crippen molar-refractivity contribution in [3.8, 4) is 5.88 Å². The SMILES string of the molecule is CCCCn1c(=O)c2cncn2c2nc(OC)ccc21.